The van der Waals surface area contributed by atoms with Crippen molar-refractivity contribution >= 4 is 61.3 Å². The lowest BCUT2D eigenvalue weighted by Crippen LogP contribution is -2.48. The highest BCUT2D eigenvalue weighted by molar-refractivity contribution is 7.88. The van der Waals surface area contributed by atoms with Gasteiger partial charge in [-0.05, 0) is 30.3 Å². The molecule has 1 aliphatic heterocycles. The van der Waals surface area contributed by atoms with Gasteiger partial charge in [0.2, 0.25) is 21.7 Å². The van der Waals surface area contributed by atoms with Crippen LogP contribution in [0.25, 0.3) is 11.0 Å². The van der Waals surface area contributed by atoms with Crippen LogP contribution in [0.5, 0.6) is 11.5 Å². The van der Waals surface area contributed by atoms with Crippen molar-refractivity contribution < 1.29 is 40.7 Å². The number of amides is 1. The average Bonchev–Trinajstić information content (AvgIpc) is 3.43. The Hall–Kier alpha value is -5.22. The summed E-state index contributed by atoms with van der Waals surface area (Å²) in [6.45, 7) is 5.07. The lowest BCUT2D eigenvalue weighted by atomic mass is 10.0. The average molecular weight is 671 g/mol. The minimum absolute atomic E-state index is 0.153. The first kappa shape index (κ1) is 33.2. The zero-order valence-corrected chi connectivity index (χ0v) is 26.8. The number of ketones is 1. The van der Waals surface area contributed by atoms with Gasteiger partial charge in [0.1, 0.15) is 11.4 Å². The number of nitrogens with zero attached hydrogens (tertiary/aromatic N) is 3. The summed E-state index contributed by atoms with van der Waals surface area (Å²) in [4.78, 5) is 32.2. The molecule has 3 heterocycles. The number of carbonyl (C=O) groups excluding carboxylic acids is 2. The van der Waals surface area contributed by atoms with Crippen LogP contribution in [0.15, 0.2) is 53.6 Å². The molecule has 1 fully saturated rings. The Labute approximate surface area is 269 Å². The molecule has 1 saturated heterocycles. The van der Waals surface area contributed by atoms with E-state index < -0.39 is 38.9 Å². The number of nitrogens with one attached hydrogen (secondary N) is 3. The zero-order chi connectivity index (χ0) is 34.0. The summed E-state index contributed by atoms with van der Waals surface area (Å²) in [7, 11) is 0.568. The van der Waals surface area contributed by atoms with Gasteiger partial charge in [-0.25, -0.2) is 22.2 Å². The highest BCUT2D eigenvalue weighted by Gasteiger charge is 2.31. The van der Waals surface area contributed by atoms with E-state index in [-0.39, 0.29) is 34.3 Å². The number of hydrogen-bond acceptors (Lipinski definition) is 11. The monoisotopic (exact) mass is 670 g/mol. The molecule has 248 valence electrons. The van der Waals surface area contributed by atoms with Gasteiger partial charge in [-0.3, -0.25) is 9.59 Å². The lowest BCUT2D eigenvalue weighted by Gasteiger charge is -2.35. The number of rotatable bonds is 11. The predicted octanol–water partition coefficient (Wildman–Crippen LogP) is 4.35. The number of halogens is 2. The van der Waals surface area contributed by atoms with E-state index in [1.54, 1.807) is 18.2 Å². The standard InChI is InChI=1S/C31H32F2N6O7S/c1-6-25(40)37-20-13-17(38-9-11-39(12-10-38)47(5,42)43)7-8-19(20)36-24-14-18-23(16-35-24)46-31(29(18)34-2)30(41)26-27(32)21(44-3)15-22(45-4)28(26)33/h6-8,13-16,34H,1,9-12H2,2-5H3,(H,35,36)(H,37,40). The first-order chi connectivity index (χ1) is 22.4. The Morgan fingerprint density at radius 2 is 1.68 bits per heavy atom. The van der Waals surface area contributed by atoms with Crippen LogP contribution in [-0.2, 0) is 14.8 Å². The minimum atomic E-state index is -3.30. The fourth-order valence-electron chi connectivity index (χ4n) is 5.22. The zero-order valence-electron chi connectivity index (χ0n) is 25.9. The number of pyridine rings is 1. The molecule has 2 aromatic carbocycles. The first-order valence-corrected chi connectivity index (χ1v) is 16.0. The summed E-state index contributed by atoms with van der Waals surface area (Å²) in [5.41, 5.74) is 1.01. The lowest BCUT2D eigenvalue weighted by molar-refractivity contribution is -0.111. The second-order valence-corrected chi connectivity index (χ2v) is 12.4. The van der Waals surface area contributed by atoms with Crippen molar-refractivity contribution in [3.63, 3.8) is 0 Å². The molecular formula is C31H32F2N6O7S. The molecule has 0 atom stereocenters. The predicted molar refractivity (Wildman–Crippen MR) is 174 cm³/mol. The van der Waals surface area contributed by atoms with Crippen molar-refractivity contribution in [2.45, 2.75) is 0 Å². The number of carbonyl (C=O) groups is 2. The molecule has 1 amide bonds. The molecule has 0 unspecified atom stereocenters. The number of sulfonamides is 1. The third-order valence-electron chi connectivity index (χ3n) is 7.61. The number of hydrogen-bond donors (Lipinski definition) is 3. The molecule has 0 aliphatic carbocycles. The van der Waals surface area contributed by atoms with E-state index in [1.807, 2.05) is 11.0 Å². The van der Waals surface area contributed by atoms with Gasteiger partial charge in [0.25, 0.3) is 0 Å². The quantitative estimate of drug-likeness (QED) is 0.154. The summed E-state index contributed by atoms with van der Waals surface area (Å²) in [6.07, 6.45) is 3.64. The smallest absolute Gasteiger partial charge is 0.247 e. The van der Waals surface area contributed by atoms with Crippen LogP contribution in [0.1, 0.15) is 16.1 Å². The molecule has 0 radical (unpaired) electrons. The third-order valence-corrected chi connectivity index (χ3v) is 8.92. The second kappa shape index (κ2) is 13.3. The molecular weight excluding hydrogens is 638 g/mol. The molecule has 13 nitrogen and oxygen atoms in total. The normalized spacial score (nSPS) is 13.7. The summed E-state index contributed by atoms with van der Waals surface area (Å²) >= 11 is 0. The summed E-state index contributed by atoms with van der Waals surface area (Å²) in [6, 6.07) is 7.86. The largest absolute Gasteiger partial charge is 0.494 e. The molecule has 47 heavy (non-hydrogen) atoms. The van der Waals surface area contributed by atoms with E-state index in [0.717, 1.165) is 17.8 Å². The number of ether oxygens (including phenoxy) is 2. The minimum Gasteiger partial charge on any atom is -0.494 e. The highest BCUT2D eigenvalue weighted by atomic mass is 32.2. The van der Waals surface area contributed by atoms with Crippen LogP contribution in [0.3, 0.4) is 0 Å². The SMILES string of the molecule is C=CC(=O)Nc1cc(N2CCN(S(C)(=O)=O)CC2)ccc1Nc1cc2c(NC)c(C(=O)c3c(F)c(OC)cc(OC)c3F)oc2cn1. The number of furan rings is 1. The van der Waals surface area contributed by atoms with E-state index in [0.29, 0.717) is 42.9 Å². The van der Waals surface area contributed by atoms with Crippen molar-refractivity contribution in [2.24, 2.45) is 0 Å². The first-order valence-electron chi connectivity index (χ1n) is 14.2. The maximum Gasteiger partial charge on any atom is 0.247 e. The van der Waals surface area contributed by atoms with Crippen LogP contribution in [0, 0.1) is 11.6 Å². The molecule has 16 heteroatoms. The van der Waals surface area contributed by atoms with Gasteiger partial charge in [-0.15, -0.1) is 0 Å². The van der Waals surface area contributed by atoms with Crippen LogP contribution in [-0.4, -0.2) is 83.1 Å². The fraction of sp³-hybridized carbons (Fsp3) is 0.258. The molecule has 1 aliphatic rings. The van der Waals surface area contributed by atoms with E-state index in [2.05, 4.69) is 27.5 Å². The van der Waals surface area contributed by atoms with Crippen molar-refractivity contribution in [2.75, 3.05) is 74.6 Å². The van der Waals surface area contributed by atoms with Gasteiger partial charge in [0.05, 0.1) is 43.7 Å². The number of methoxy groups -OCH3 is 2. The molecule has 0 spiro atoms. The molecule has 0 saturated carbocycles. The van der Waals surface area contributed by atoms with E-state index >= 15 is 8.78 Å². The maximum absolute atomic E-state index is 15.2. The van der Waals surface area contributed by atoms with Crippen LogP contribution in [0.4, 0.5) is 37.3 Å². The van der Waals surface area contributed by atoms with Crippen LogP contribution >= 0.6 is 0 Å². The van der Waals surface area contributed by atoms with Crippen LogP contribution < -0.4 is 30.3 Å². The number of piperazine rings is 1. The second-order valence-electron chi connectivity index (χ2n) is 10.4. The van der Waals surface area contributed by atoms with Gasteiger partial charge in [0, 0.05) is 50.4 Å². The third kappa shape index (κ3) is 6.55. The van der Waals surface area contributed by atoms with E-state index in [1.165, 1.54) is 38.0 Å². The fourth-order valence-corrected chi connectivity index (χ4v) is 6.05. The van der Waals surface area contributed by atoms with Gasteiger partial charge in [-0.1, -0.05) is 6.58 Å². The van der Waals surface area contributed by atoms with E-state index in [9.17, 15) is 18.0 Å². The Morgan fingerprint density at radius 3 is 2.26 bits per heavy atom. The molecule has 3 N–H and O–H groups in total. The van der Waals surface area contributed by atoms with E-state index in [4.69, 9.17) is 13.9 Å². The summed E-state index contributed by atoms with van der Waals surface area (Å²) in [5, 5.41) is 9.16. The molecule has 2 aromatic heterocycles. The van der Waals surface area contributed by atoms with Crippen molar-refractivity contribution in [3.05, 3.63) is 72.1 Å². The summed E-state index contributed by atoms with van der Waals surface area (Å²) in [5.74, 6) is -4.82. The van der Waals surface area contributed by atoms with Crippen molar-refractivity contribution in [1.82, 2.24) is 9.29 Å². The van der Waals surface area contributed by atoms with Gasteiger partial charge in [0.15, 0.2) is 34.5 Å². The maximum atomic E-state index is 15.2. The number of anilines is 5. The Kier molecular flexibility index (Phi) is 9.35. The van der Waals surface area contributed by atoms with Crippen molar-refractivity contribution in [3.8, 4) is 11.5 Å². The molecule has 5 rings (SSSR count). The van der Waals surface area contributed by atoms with Crippen molar-refractivity contribution in [1.29, 1.82) is 0 Å². The van der Waals surface area contributed by atoms with Crippen LogP contribution in [0.2, 0.25) is 0 Å². The van der Waals surface area contributed by atoms with Gasteiger partial charge in [-0.2, -0.15) is 4.31 Å². The number of aromatic nitrogens is 1. The highest BCUT2D eigenvalue weighted by Crippen LogP contribution is 2.38. The Bertz CT molecular complexity index is 1960. The molecule has 0 bridgehead atoms. The Morgan fingerprint density at radius 1 is 1.02 bits per heavy atom. The van der Waals surface area contributed by atoms with Gasteiger partial charge < -0.3 is 34.7 Å². The Balaban J connectivity index is 1.48. The van der Waals surface area contributed by atoms with Gasteiger partial charge >= 0.3 is 0 Å². The number of benzene rings is 2. The topological polar surface area (TPSA) is 155 Å². The molecule has 4 aromatic rings. The summed E-state index contributed by atoms with van der Waals surface area (Å²) < 4.78 is 71.2. The number of fused-ring (bicyclic) bond motifs is 1.